The molecule has 176 valence electrons. The van der Waals surface area contributed by atoms with Gasteiger partial charge in [-0.25, -0.2) is 9.97 Å². The predicted octanol–water partition coefficient (Wildman–Crippen LogP) is 5.33. The number of hydrogen-bond acceptors (Lipinski definition) is 5. The molecule has 0 atom stereocenters. The van der Waals surface area contributed by atoms with E-state index in [9.17, 15) is 14.7 Å². The maximum Gasteiger partial charge on any atom is 0.308 e. The minimum Gasteiger partial charge on any atom is -0.481 e. The van der Waals surface area contributed by atoms with Gasteiger partial charge in [-0.2, -0.15) is 0 Å². The molecule has 0 saturated heterocycles. The molecule has 0 fully saturated rings. The molecule has 4 rings (SSSR count). The first kappa shape index (κ1) is 23.9. The fraction of sp³-hybridized carbons (Fsp3) is 0.111. The number of hydrogen-bond donors (Lipinski definition) is 2. The summed E-state index contributed by atoms with van der Waals surface area (Å²) in [6.45, 7) is 3.72. The van der Waals surface area contributed by atoms with Crippen molar-refractivity contribution in [3.05, 3.63) is 107 Å². The number of carbonyl (C=O) groups is 2. The van der Waals surface area contributed by atoms with Crippen molar-refractivity contribution in [2.45, 2.75) is 12.8 Å². The van der Waals surface area contributed by atoms with Crippen molar-refractivity contribution in [2.24, 2.45) is 0 Å². The second kappa shape index (κ2) is 10.4. The van der Waals surface area contributed by atoms with Crippen LogP contribution < -0.4 is 10.2 Å². The largest absolute Gasteiger partial charge is 0.481 e. The molecule has 0 aliphatic carbocycles. The Morgan fingerprint density at radius 3 is 2.57 bits per heavy atom. The maximum absolute atomic E-state index is 12.8. The lowest BCUT2D eigenvalue weighted by Crippen LogP contribution is -2.17. The van der Waals surface area contributed by atoms with Gasteiger partial charge < -0.3 is 15.3 Å². The number of benzene rings is 3. The number of nitrogens with one attached hydrogen (secondary N) is 1. The lowest BCUT2D eigenvalue weighted by molar-refractivity contribution is -0.136. The van der Waals surface area contributed by atoms with Crippen LogP contribution in [-0.2, 0) is 17.6 Å². The first-order chi connectivity index (χ1) is 16.8. The molecule has 8 heteroatoms. The monoisotopic (exact) mass is 486 g/mol. The van der Waals surface area contributed by atoms with Crippen LogP contribution in [0.3, 0.4) is 0 Å². The van der Waals surface area contributed by atoms with E-state index in [-0.39, 0.29) is 17.5 Å². The number of nitrogens with zero attached hydrogens (tertiary/aromatic N) is 3. The fourth-order valence-electron chi connectivity index (χ4n) is 3.72. The molecule has 0 saturated carbocycles. The van der Waals surface area contributed by atoms with Crippen molar-refractivity contribution in [3.63, 3.8) is 0 Å². The summed E-state index contributed by atoms with van der Waals surface area (Å²) >= 11 is 6.32. The number of carbonyl (C=O) groups excluding carboxylic acids is 1. The minimum atomic E-state index is -1.03. The number of aromatic nitrogens is 2. The van der Waals surface area contributed by atoms with Crippen molar-refractivity contribution in [3.8, 4) is 0 Å². The molecule has 1 heterocycles. The van der Waals surface area contributed by atoms with Crippen molar-refractivity contribution in [1.29, 1.82) is 0 Å². The molecule has 35 heavy (non-hydrogen) atoms. The molecular weight excluding hydrogens is 464 g/mol. The van der Waals surface area contributed by atoms with Crippen LogP contribution in [0.4, 0.5) is 11.5 Å². The topological polar surface area (TPSA) is 95.4 Å². The molecule has 0 aliphatic heterocycles. The number of fused-ring (bicyclic) bond motifs is 1. The Hall–Kier alpha value is -4.23. The normalized spacial score (nSPS) is 10.7. The Labute approximate surface area is 207 Å². The van der Waals surface area contributed by atoms with Crippen molar-refractivity contribution in [1.82, 2.24) is 9.97 Å². The number of halogens is 1. The number of anilines is 2. The predicted molar refractivity (Wildman–Crippen MR) is 138 cm³/mol. The number of carboxylic acid groups (broad SMARTS) is 1. The van der Waals surface area contributed by atoms with Crippen LogP contribution in [-0.4, -0.2) is 34.0 Å². The summed E-state index contributed by atoms with van der Waals surface area (Å²) in [5.74, 6) is -0.430. The Bertz CT molecular complexity index is 1440. The molecule has 0 spiro atoms. The first-order valence-electron chi connectivity index (χ1n) is 10.9. The van der Waals surface area contributed by atoms with Crippen LogP contribution in [0.25, 0.3) is 10.8 Å². The van der Waals surface area contributed by atoms with Gasteiger partial charge in [0.25, 0.3) is 5.91 Å². The molecule has 4 aromatic rings. The number of amides is 1. The third-order valence-corrected chi connectivity index (χ3v) is 5.79. The van der Waals surface area contributed by atoms with Gasteiger partial charge in [0, 0.05) is 30.3 Å². The summed E-state index contributed by atoms with van der Waals surface area (Å²) < 4.78 is 0. The van der Waals surface area contributed by atoms with Gasteiger partial charge >= 0.3 is 5.97 Å². The molecule has 3 aromatic carbocycles. The van der Waals surface area contributed by atoms with Gasteiger partial charge in [-0.3, -0.25) is 9.59 Å². The Kier molecular flexibility index (Phi) is 7.08. The average Bonchev–Trinajstić information content (AvgIpc) is 2.84. The summed E-state index contributed by atoms with van der Waals surface area (Å²) in [6, 6.07) is 20.8. The third-order valence-electron chi connectivity index (χ3n) is 5.48. The van der Waals surface area contributed by atoms with E-state index in [0.29, 0.717) is 34.9 Å². The molecule has 2 N–H and O–H groups in total. The van der Waals surface area contributed by atoms with E-state index in [2.05, 4.69) is 21.9 Å². The SMILES string of the molecule is C=CN(C)c1nc(Cc2cccc(NC(=O)c3ccc4ccccc4c3)c2)nc(Cl)c1CC(=O)O. The van der Waals surface area contributed by atoms with Crippen LogP contribution in [0.1, 0.15) is 27.3 Å². The molecule has 0 unspecified atom stereocenters. The van der Waals surface area contributed by atoms with E-state index in [1.807, 2.05) is 60.7 Å². The number of carboxylic acids is 1. The van der Waals surface area contributed by atoms with Gasteiger partial charge in [-0.1, -0.05) is 60.6 Å². The lowest BCUT2D eigenvalue weighted by atomic mass is 10.1. The molecule has 0 aliphatic rings. The van der Waals surface area contributed by atoms with Crippen molar-refractivity contribution >= 4 is 45.8 Å². The average molecular weight is 487 g/mol. The van der Waals surface area contributed by atoms with Crippen LogP contribution in [0, 0.1) is 0 Å². The smallest absolute Gasteiger partial charge is 0.308 e. The molecule has 0 radical (unpaired) electrons. The van der Waals surface area contributed by atoms with E-state index in [0.717, 1.165) is 16.3 Å². The van der Waals surface area contributed by atoms with Gasteiger partial charge in [-0.15, -0.1) is 0 Å². The van der Waals surface area contributed by atoms with E-state index in [1.165, 1.54) is 6.20 Å². The highest BCUT2D eigenvalue weighted by atomic mass is 35.5. The Morgan fingerprint density at radius 2 is 1.83 bits per heavy atom. The zero-order valence-corrected chi connectivity index (χ0v) is 19.8. The summed E-state index contributed by atoms with van der Waals surface area (Å²) in [4.78, 5) is 34.5. The van der Waals surface area contributed by atoms with Crippen LogP contribution in [0.15, 0.2) is 79.5 Å². The standard InChI is InChI=1S/C27H23ClN4O3/c1-3-32(2)26-22(16-24(33)34)25(28)30-23(31-26)14-17-7-6-10-21(13-17)29-27(35)20-12-11-18-8-4-5-9-19(18)15-20/h3-13,15H,1,14,16H2,2H3,(H,29,35)(H,33,34). The summed E-state index contributed by atoms with van der Waals surface area (Å²) in [7, 11) is 1.71. The summed E-state index contributed by atoms with van der Waals surface area (Å²) in [6.07, 6.45) is 1.56. The number of rotatable bonds is 8. The number of aliphatic carboxylic acids is 1. The minimum absolute atomic E-state index is 0.0851. The Balaban J connectivity index is 1.56. The zero-order chi connectivity index (χ0) is 24.9. The van der Waals surface area contributed by atoms with Crippen molar-refractivity contribution < 1.29 is 14.7 Å². The quantitative estimate of drug-likeness (QED) is 0.327. The molecular formula is C27H23ClN4O3. The summed E-state index contributed by atoms with van der Waals surface area (Å²) in [5, 5.41) is 14.3. The first-order valence-corrected chi connectivity index (χ1v) is 11.2. The van der Waals surface area contributed by atoms with Crippen LogP contribution in [0.2, 0.25) is 5.15 Å². The highest BCUT2D eigenvalue weighted by Gasteiger charge is 2.18. The van der Waals surface area contributed by atoms with E-state index < -0.39 is 5.97 Å². The van der Waals surface area contributed by atoms with Gasteiger partial charge in [0.1, 0.15) is 16.8 Å². The molecule has 0 bridgehead atoms. The van der Waals surface area contributed by atoms with Gasteiger partial charge in [0.05, 0.1) is 6.42 Å². The van der Waals surface area contributed by atoms with Gasteiger partial charge in [0.15, 0.2) is 0 Å². The van der Waals surface area contributed by atoms with Crippen LogP contribution in [0.5, 0.6) is 0 Å². The van der Waals surface area contributed by atoms with Gasteiger partial charge in [0.2, 0.25) is 0 Å². The molecule has 1 aromatic heterocycles. The third kappa shape index (κ3) is 5.65. The zero-order valence-electron chi connectivity index (χ0n) is 19.0. The van der Waals surface area contributed by atoms with Gasteiger partial charge in [-0.05, 0) is 46.8 Å². The van der Waals surface area contributed by atoms with Crippen molar-refractivity contribution in [2.75, 3.05) is 17.3 Å². The van der Waals surface area contributed by atoms with E-state index in [1.54, 1.807) is 18.0 Å². The highest BCUT2D eigenvalue weighted by Crippen LogP contribution is 2.26. The Morgan fingerprint density at radius 1 is 1.06 bits per heavy atom. The van der Waals surface area contributed by atoms with Crippen LogP contribution >= 0.6 is 11.6 Å². The lowest BCUT2D eigenvalue weighted by Gasteiger charge is -2.18. The second-order valence-electron chi connectivity index (χ2n) is 7.99. The maximum atomic E-state index is 12.8. The fourth-order valence-corrected chi connectivity index (χ4v) is 3.97. The molecule has 1 amide bonds. The van der Waals surface area contributed by atoms with E-state index >= 15 is 0 Å². The second-order valence-corrected chi connectivity index (χ2v) is 8.35. The highest BCUT2D eigenvalue weighted by molar-refractivity contribution is 6.30. The molecule has 7 nitrogen and oxygen atoms in total. The van der Waals surface area contributed by atoms with E-state index in [4.69, 9.17) is 11.6 Å². The summed E-state index contributed by atoms with van der Waals surface area (Å²) in [5.41, 5.74) is 2.38.